The summed E-state index contributed by atoms with van der Waals surface area (Å²) in [5, 5.41) is 86.5. The van der Waals surface area contributed by atoms with Gasteiger partial charge in [0.2, 0.25) is 0 Å². The zero-order valence-corrected chi connectivity index (χ0v) is 47.7. The number of carbonyl (C=O) groups excluding carboxylic acids is 4. The Morgan fingerprint density at radius 3 is 1.40 bits per heavy atom. The van der Waals surface area contributed by atoms with E-state index in [4.69, 9.17) is 25.2 Å². The van der Waals surface area contributed by atoms with E-state index < -0.39 is 149 Å². The molecule has 0 spiro atoms. The zero-order valence-electron chi connectivity index (χ0n) is 47.7. The third kappa shape index (κ3) is 23.2. The lowest BCUT2D eigenvalue weighted by molar-refractivity contribution is -0.141. The number of hydrazine groups is 2. The topological polar surface area (TPSA) is 506 Å². The average Bonchev–Trinajstić information content (AvgIpc) is 1.71. The van der Waals surface area contributed by atoms with Gasteiger partial charge in [-0.3, -0.25) is 114 Å². The number of amides is 4. The number of aliphatic carboxylic acids is 8. The monoisotopic (exact) mass is 1250 g/mol. The number of carboxylic acid groups (broad SMARTS) is 8. The van der Waals surface area contributed by atoms with E-state index in [1.54, 1.807) is 66.7 Å². The SMILES string of the molecule is COc1ccc(Cc2c(C(=O)NNC(=O)CN(CCN(CC(=O)O)CC(NCC(=O)O)NCC(=O)O)CC(=O)O)[nH]c3ccccc23)c(-c2cn(C(=O)NNC(=O)CN(CCN(CC(=O)O)CC(NCC(=O)O)NCC(=O)O)CC(=O)O)c3ccccc23)c1. The molecule has 17 N–H and O–H groups in total. The lowest BCUT2D eigenvalue weighted by atomic mass is 9.93. The third-order valence-corrected chi connectivity index (χ3v) is 13.1. The molecular formula is C54H68N14O21. The number of carbonyl (C=O) groups is 12. The first kappa shape index (κ1) is 69.6. The van der Waals surface area contributed by atoms with Gasteiger partial charge in [-0.2, -0.15) is 0 Å². The number of ether oxygens (including phenoxy) is 1. The van der Waals surface area contributed by atoms with Gasteiger partial charge in [-0.1, -0.05) is 42.5 Å². The van der Waals surface area contributed by atoms with E-state index in [0.29, 0.717) is 49.8 Å². The van der Waals surface area contributed by atoms with Crippen LogP contribution in [0.25, 0.3) is 32.9 Å². The van der Waals surface area contributed by atoms with Crippen LogP contribution in [0.4, 0.5) is 4.79 Å². The van der Waals surface area contributed by atoms with Gasteiger partial charge in [-0.15, -0.1) is 0 Å². The molecule has 0 unspecified atom stereocenters. The number of fused-ring (bicyclic) bond motifs is 2. The maximum Gasteiger partial charge on any atom is 0.344 e. The molecule has 0 fully saturated rings. The quantitative estimate of drug-likeness (QED) is 0.0135. The molecule has 5 rings (SSSR count). The van der Waals surface area contributed by atoms with Crippen molar-refractivity contribution in [2.45, 2.75) is 18.8 Å². The Hall–Kier alpha value is -10.1. The molecule has 35 nitrogen and oxygen atoms in total. The molecule has 0 saturated heterocycles. The van der Waals surface area contributed by atoms with E-state index in [-0.39, 0.29) is 51.4 Å². The fraction of sp³-hybridized carbons (Fsp3) is 0.370. The molecule has 0 atom stereocenters. The fourth-order valence-corrected chi connectivity index (χ4v) is 9.26. The number of H-pyrrole nitrogens is 1. The van der Waals surface area contributed by atoms with Crippen LogP contribution < -0.4 is 47.7 Å². The number of benzene rings is 3. The van der Waals surface area contributed by atoms with Crippen molar-refractivity contribution in [2.75, 3.05) is 112 Å². The minimum absolute atomic E-state index is 0.00352. The minimum Gasteiger partial charge on any atom is -0.497 e. The molecule has 2 aromatic heterocycles. The number of aromatic nitrogens is 2. The van der Waals surface area contributed by atoms with E-state index in [0.717, 1.165) is 9.80 Å². The molecule has 0 aliphatic rings. The molecule has 480 valence electrons. The van der Waals surface area contributed by atoms with Crippen LogP contribution in [-0.4, -0.2) is 266 Å². The largest absolute Gasteiger partial charge is 0.497 e. The van der Waals surface area contributed by atoms with Crippen LogP contribution in [-0.2, 0) is 54.4 Å². The van der Waals surface area contributed by atoms with Gasteiger partial charge in [0.15, 0.2) is 0 Å². The van der Waals surface area contributed by atoms with Gasteiger partial charge in [-0.05, 0) is 41.0 Å². The summed E-state index contributed by atoms with van der Waals surface area (Å²) >= 11 is 0. The number of hydrogen-bond donors (Lipinski definition) is 17. The molecule has 0 radical (unpaired) electrons. The van der Waals surface area contributed by atoms with Crippen molar-refractivity contribution in [3.05, 3.63) is 89.7 Å². The molecule has 5 aromatic rings. The van der Waals surface area contributed by atoms with Crippen molar-refractivity contribution >= 4 is 93.3 Å². The Labute approximate surface area is 504 Å². The summed E-state index contributed by atoms with van der Waals surface area (Å²) in [6, 6.07) is 17.9. The second-order valence-electron chi connectivity index (χ2n) is 19.8. The summed E-state index contributed by atoms with van der Waals surface area (Å²) in [6.45, 7) is -7.79. The predicted molar refractivity (Wildman–Crippen MR) is 309 cm³/mol. The fourth-order valence-electron chi connectivity index (χ4n) is 9.26. The smallest absolute Gasteiger partial charge is 0.344 e. The zero-order chi connectivity index (χ0) is 65.3. The van der Waals surface area contributed by atoms with Crippen molar-refractivity contribution in [3.8, 4) is 16.9 Å². The van der Waals surface area contributed by atoms with Crippen molar-refractivity contribution in [3.63, 3.8) is 0 Å². The van der Waals surface area contributed by atoms with E-state index in [2.05, 4.69) is 48.0 Å². The van der Waals surface area contributed by atoms with E-state index >= 15 is 0 Å². The first-order valence-electron chi connectivity index (χ1n) is 26.9. The minimum atomic E-state index is -1.36. The summed E-state index contributed by atoms with van der Waals surface area (Å²) in [5.41, 5.74) is 12.2. The van der Waals surface area contributed by atoms with Crippen LogP contribution in [0, 0.1) is 0 Å². The van der Waals surface area contributed by atoms with Gasteiger partial charge < -0.3 is 50.6 Å². The second-order valence-corrected chi connectivity index (χ2v) is 19.8. The summed E-state index contributed by atoms with van der Waals surface area (Å²) in [6.07, 6.45) is -0.550. The van der Waals surface area contributed by atoms with E-state index in [1.807, 2.05) is 0 Å². The number of hydrogen-bond acceptors (Lipinski definition) is 21. The molecule has 35 heteroatoms. The summed E-state index contributed by atoms with van der Waals surface area (Å²) in [5.74, 6) is -12.7. The highest BCUT2D eigenvalue weighted by Crippen LogP contribution is 2.37. The molecule has 3 aromatic carbocycles. The highest BCUT2D eigenvalue weighted by atomic mass is 16.5. The molecule has 0 aliphatic carbocycles. The van der Waals surface area contributed by atoms with Crippen LogP contribution >= 0.6 is 0 Å². The molecule has 0 saturated carbocycles. The van der Waals surface area contributed by atoms with Crippen molar-refractivity contribution in [2.24, 2.45) is 0 Å². The van der Waals surface area contributed by atoms with Gasteiger partial charge in [-0.25, -0.2) is 10.2 Å². The Kier molecular flexibility index (Phi) is 26.8. The number of nitrogens with one attached hydrogen (secondary N) is 9. The third-order valence-electron chi connectivity index (χ3n) is 13.1. The lowest BCUT2D eigenvalue weighted by Gasteiger charge is -2.29. The average molecular weight is 1250 g/mol. The highest BCUT2D eigenvalue weighted by molar-refractivity contribution is 6.04. The number of para-hydroxylation sites is 2. The normalized spacial score (nSPS) is 11.4. The second kappa shape index (κ2) is 34.3. The van der Waals surface area contributed by atoms with Crippen LogP contribution in [0.3, 0.4) is 0 Å². The standard InChI is InChI=1S/C54H68N14O21/c1-89-32-11-10-31(16-36-33-6-2-4-8-38(33)59-52(36)53(87)62-60-42(69)25-66(29-50(83)84)14-12-64(27-48(79)80)23-40(55-18-44(71)72)56-19-45(73)74)35(17-32)37-22-68(39-9-5-3-7-34(37)39)54(88)63-61-43(70)26-67(30-51(85)86)15-13-65(28-49(81)82)24-41(57-20-46(75)76)58-21-47(77)78/h2-11,17,22,40-41,55-59H,12-16,18-21,23-30H2,1H3,(H,60,69)(H,61,70)(H,62,87)(H,63,88)(H,71,72)(H,73,74)(H,75,76)(H,77,78)(H,79,80)(H,81,82)(H,83,84)(H,85,86). The number of carboxylic acids is 8. The lowest BCUT2D eigenvalue weighted by Crippen LogP contribution is -2.54. The van der Waals surface area contributed by atoms with Crippen molar-refractivity contribution < 1.29 is 103 Å². The summed E-state index contributed by atoms with van der Waals surface area (Å²) < 4.78 is 6.82. The Balaban J connectivity index is 1.33. The maximum atomic E-state index is 14.1. The van der Waals surface area contributed by atoms with Gasteiger partial charge in [0.25, 0.3) is 17.7 Å². The molecule has 2 heterocycles. The van der Waals surface area contributed by atoms with E-state index in [1.165, 1.54) is 27.7 Å². The highest BCUT2D eigenvalue weighted by Gasteiger charge is 2.26. The van der Waals surface area contributed by atoms with Gasteiger partial charge in [0, 0.05) is 73.7 Å². The van der Waals surface area contributed by atoms with Crippen LogP contribution in [0.2, 0.25) is 0 Å². The number of methoxy groups -OCH3 is 1. The van der Waals surface area contributed by atoms with Gasteiger partial charge in [0.1, 0.15) is 11.4 Å². The van der Waals surface area contributed by atoms with Gasteiger partial charge in [0.05, 0.1) is 90.4 Å². The van der Waals surface area contributed by atoms with Crippen molar-refractivity contribution in [1.82, 2.24) is 72.1 Å². The number of rotatable bonds is 39. The first-order valence-corrected chi connectivity index (χ1v) is 26.9. The Morgan fingerprint density at radius 2 is 0.933 bits per heavy atom. The Bertz CT molecular complexity index is 3350. The van der Waals surface area contributed by atoms with Crippen LogP contribution in [0.1, 0.15) is 21.6 Å². The maximum absolute atomic E-state index is 14.1. The Morgan fingerprint density at radius 1 is 0.494 bits per heavy atom. The molecule has 0 bridgehead atoms. The first-order chi connectivity index (χ1) is 42.3. The molecule has 89 heavy (non-hydrogen) atoms. The molecule has 0 aliphatic heterocycles. The van der Waals surface area contributed by atoms with Crippen LogP contribution in [0.15, 0.2) is 72.9 Å². The molecular weight excluding hydrogens is 1180 g/mol. The van der Waals surface area contributed by atoms with Crippen LogP contribution in [0.5, 0.6) is 5.75 Å². The van der Waals surface area contributed by atoms with Crippen molar-refractivity contribution in [1.29, 1.82) is 0 Å². The summed E-state index contributed by atoms with van der Waals surface area (Å²) in [4.78, 5) is 155. The predicted octanol–water partition coefficient (Wildman–Crippen LogP) is -3.37. The molecule has 4 amide bonds. The van der Waals surface area contributed by atoms with Gasteiger partial charge >= 0.3 is 53.8 Å². The number of nitrogens with zero attached hydrogens (tertiary/aromatic N) is 5. The summed E-state index contributed by atoms with van der Waals surface area (Å²) in [7, 11) is 1.44. The van der Waals surface area contributed by atoms with E-state index in [9.17, 15) is 78.0 Å². The number of aromatic amines is 1.